The molecule has 1 atom stereocenters. The zero-order valence-electron chi connectivity index (χ0n) is 10.2. The molecular weight excluding hydrogens is 263 g/mol. The van der Waals surface area contributed by atoms with Crippen LogP contribution in [0.2, 0.25) is 0 Å². The molecule has 7 heteroatoms. The normalized spacial score (nSPS) is 13.1. The summed E-state index contributed by atoms with van der Waals surface area (Å²) in [5.41, 5.74) is 1.06. The fourth-order valence-corrected chi connectivity index (χ4v) is 1.35. The number of ether oxygens (including phenoxy) is 1. The summed E-state index contributed by atoms with van der Waals surface area (Å²) in [7, 11) is 1.26. The van der Waals surface area contributed by atoms with Crippen molar-refractivity contribution in [2.75, 3.05) is 13.7 Å². The monoisotopic (exact) mass is 277 g/mol. The van der Waals surface area contributed by atoms with E-state index in [4.69, 9.17) is 5.11 Å². The molecule has 2 N–H and O–H groups in total. The highest BCUT2D eigenvalue weighted by molar-refractivity contribution is 5.89. The van der Waals surface area contributed by atoms with Crippen molar-refractivity contribution < 1.29 is 27.8 Å². The van der Waals surface area contributed by atoms with E-state index in [-0.39, 0.29) is 6.54 Å². The lowest BCUT2D eigenvalue weighted by Crippen LogP contribution is -2.38. The van der Waals surface area contributed by atoms with Crippen molar-refractivity contribution in [3.8, 4) is 0 Å². The molecule has 1 unspecified atom stereocenters. The molecule has 0 saturated carbocycles. The number of aliphatic hydroxyl groups excluding tert-OH is 1. The summed E-state index contributed by atoms with van der Waals surface area (Å²) in [6, 6.07) is 6.23. The van der Waals surface area contributed by atoms with Crippen LogP contribution < -0.4 is 5.32 Å². The number of aliphatic hydroxyl groups is 1. The van der Waals surface area contributed by atoms with Gasteiger partial charge < -0.3 is 15.2 Å². The van der Waals surface area contributed by atoms with Gasteiger partial charge in [0.15, 0.2) is 6.10 Å². The molecule has 4 nitrogen and oxygen atoms in total. The van der Waals surface area contributed by atoms with Gasteiger partial charge in [-0.05, 0) is 17.7 Å². The molecule has 1 aromatic rings. The van der Waals surface area contributed by atoms with Crippen LogP contribution in [-0.2, 0) is 11.3 Å². The summed E-state index contributed by atoms with van der Waals surface area (Å²) >= 11 is 0. The van der Waals surface area contributed by atoms with Crippen LogP contribution in [0.15, 0.2) is 24.3 Å². The van der Waals surface area contributed by atoms with Crippen LogP contribution in [0.5, 0.6) is 0 Å². The molecule has 0 spiro atoms. The maximum atomic E-state index is 12.0. The summed E-state index contributed by atoms with van der Waals surface area (Å²) in [6.45, 7) is -0.420. The van der Waals surface area contributed by atoms with E-state index in [2.05, 4.69) is 10.1 Å². The zero-order valence-corrected chi connectivity index (χ0v) is 10.2. The number of carbonyl (C=O) groups is 1. The summed E-state index contributed by atoms with van der Waals surface area (Å²) in [5, 5.41) is 11.2. The van der Waals surface area contributed by atoms with E-state index in [0.29, 0.717) is 11.1 Å². The second kappa shape index (κ2) is 6.53. The average molecular weight is 277 g/mol. The maximum absolute atomic E-state index is 12.0. The lowest BCUT2D eigenvalue weighted by atomic mass is 10.1. The lowest BCUT2D eigenvalue weighted by Gasteiger charge is -2.15. The van der Waals surface area contributed by atoms with Gasteiger partial charge in [-0.3, -0.25) is 0 Å². The molecule has 0 aliphatic rings. The summed E-state index contributed by atoms with van der Waals surface area (Å²) in [4.78, 5) is 11.1. The molecule has 0 heterocycles. The van der Waals surface area contributed by atoms with Crippen LogP contribution in [0.4, 0.5) is 13.2 Å². The van der Waals surface area contributed by atoms with E-state index in [9.17, 15) is 18.0 Å². The van der Waals surface area contributed by atoms with Crippen LogP contribution in [0.1, 0.15) is 15.9 Å². The third kappa shape index (κ3) is 4.88. The van der Waals surface area contributed by atoms with Gasteiger partial charge in [0.1, 0.15) is 0 Å². The standard InChI is InChI=1S/C12H14F3NO3/c1-19-11(18)9-4-2-8(3-5-9)6-16-7-10(17)12(13,14)15/h2-5,10,16-17H,6-7H2,1H3. The van der Waals surface area contributed by atoms with Crippen LogP contribution in [-0.4, -0.2) is 37.0 Å². The van der Waals surface area contributed by atoms with Crippen molar-refractivity contribution in [3.63, 3.8) is 0 Å². The fraction of sp³-hybridized carbons (Fsp3) is 0.417. The molecule has 0 amide bonds. The van der Waals surface area contributed by atoms with Gasteiger partial charge in [0.2, 0.25) is 0 Å². The molecule has 0 aliphatic heterocycles. The topological polar surface area (TPSA) is 58.6 Å². The van der Waals surface area contributed by atoms with Crippen LogP contribution in [0, 0.1) is 0 Å². The summed E-state index contributed by atoms with van der Waals surface area (Å²) in [5.74, 6) is -0.480. The second-order valence-electron chi connectivity index (χ2n) is 3.88. The quantitative estimate of drug-likeness (QED) is 0.801. The molecule has 0 saturated heterocycles. The van der Waals surface area contributed by atoms with Crippen molar-refractivity contribution in [1.82, 2.24) is 5.32 Å². The van der Waals surface area contributed by atoms with Crippen LogP contribution >= 0.6 is 0 Å². The first-order valence-electron chi connectivity index (χ1n) is 5.47. The first-order valence-corrected chi connectivity index (χ1v) is 5.47. The van der Waals surface area contributed by atoms with E-state index >= 15 is 0 Å². The highest BCUT2D eigenvalue weighted by Crippen LogP contribution is 2.19. The Morgan fingerprint density at radius 1 is 1.37 bits per heavy atom. The number of esters is 1. The maximum Gasteiger partial charge on any atom is 0.415 e. The Bertz CT molecular complexity index is 417. The number of carbonyl (C=O) groups excluding carboxylic acids is 1. The molecule has 0 radical (unpaired) electrons. The van der Waals surface area contributed by atoms with E-state index in [0.717, 1.165) is 0 Å². The lowest BCUT2D eigenvalue weighted by molar-refractivity contribution is -0.201. The molecule has 0 aliphatic carbocycles. The zero-order chi connectivity index (χ0) is 14.5. The van der Waals surface area contributed by atoms with E-state index in [1.165, 1.54) is 19.2 Å². The number of alkyl halides is 3. The number of hydrogen-bond donors (Lipinski definition) is 2. The molecular formula is C12H14F3NO3. The highest BCUT2D eigenvalue weighted by atomic mass is 19.4. The predicted molar refractivity (Wildman–Crippen MR) is 61.6 cm³/mol. The van der Waals surface area contributed by atoms with Crippen LogP contribution in [0.25, 0.3) is 0 Å². The van der Waals surface area contributed by atoms with E-state index in [1.54, 1.807) is 12.1 Å². The molecule has 0 bridgehead atoms. The third-order valence-corrected chi connectivity index (χ3v) is 2.42. The summed E-state index contributed by atoms with van der Waals surface area (Å²) in [6.07, 6.45) is -7.01. The van der Waals surface area contributed by atoms with Gasteiger partial charge in [0.25, 0.3) is 0 Å². The fourth-order valence-electron chi connectivity index (χ4n) is 1.35. The Balaban J connectivity index is 2.45. The third-order valence-electron chi connectivity index (χ3n) is 2.42. The van der Waals surface area contributed by atoms with Crippen molar-refractivity contribution in [1.29, 1.82) is 0 Å². The van der Waals surface area contributed by atoms with Gasteiger partial charge in [-0.1, -0.05) is 12.1 Å². The number of halogens is 3. The van der Waals surface area contributed by atoms with E-state index < -0.39 is 24.8 Å². The first kappa shape index (κ1) is 15.5. The number of benzene rings is 1. The molecule has 19 heavy (non-hydrogen) atoms. The van der Waals surface area contributed by atoms with Gasteiger partial charge in [0, 0.05) is 13.1 Å². The minimum absolute atomic E-state index is 0.161. The minimum Gasteiger partial charge on any atom is -0.465 e. The number of methoxy groups -OCH3 is 1. The molecule has 1 rings (SSSR count). The Labute approximate surface area is 108 Å². The minimum atomic E-state index is -4.62. The van der Waals surface area contributed by atoms with Crippen molar-refractivity contribution in [3.05, 3.63) is 35.4 Å². The molecule has 0 fully saturated rings. The van der Waals surface area contributed by atoms with Crippen molar-refractivity contribution >= 4 is 5.97 Å². The number of hydrogen-bond acceptors (Lipinski definition) is 4. The van der Waals surface area contributed by atoms with Gasteiger partial charge >= 0.3 is 12.1 Å². The first-order chi connectivity index (χ1) is 8.84. The Morgan fingerprint density at radius 3 is 2.42 bits per heavy atom. The Hall–Kier alpha value is -1.60. The summed E-state index contributed by atoms with van der Waals surface area (Å²) < 4.78 is 40.6. The van der Waals surface area contributed by atoms with E-state index in [1.807, 2.05) is 0 Å². The highest BCUT2D eigenvalue weighted by Gasteiger charge is 2.37. The smallest absolute Gasteiger partial charge is 0.415 e. The molecule has 1 aromatic carbocycles. The predicted octanol–water partition coefficient (Wildman–Crippen LogP) is 1.49. The average Bonchev–Trinajstić information content (AvgIpc) is 2.37. The number of nitrogens with one attached hydrogen (secondary N) is 1. The van der Waals surface area contributed by atoms with Gasteiger partial charge in [-0.2, -0.15) is 13.2 Å². The van der Waals surface area contributed by atoms with Crippen molar-refractivity contribution in [2.24, 2.45) is 0 Å². The number of rotatable bonds is 5. The van der Waals surface area contributed by atoms with Crippen molar-refractivity contribution in [2.45, 2.75) is 18.8 Å². The van der Waals surface area contributed by atoms with Gasteiger partial charge in [-0.25, -0.2) is 4.79 Å². The molecule has 106 valence electrons. The Kier molecular flexibility index (Phi) is 5.31. The SMILES string of the molecule is COC(=O)c1ccc(CNCC(O)C(F)(F)F)cc1. The van der Waals surface area contributed by atoms with Crippen LogP contribution in [0.3, 0.4) is 0 Å². The van der Waals surface area contributed by atoms with Gasteiger partial charge in [0.05, 0.1) is 12.7 Å². The molecule has 0 aromatic heterocycles. The largest absolute Gasteiger partial charge is 0.465 e. The second-order valence-corrected chi connectivity index (χ2v) is 3.88. The Morgan fingerprint density at radius 2 is 1.95 bits per heavy atom. The van der Waals surface area contributed by atoms with Gasteiger partial charge in [-0.15, -0.1) is 0 Å².